The van der Waals surface area contributed by atoms with Crippen molar-refractivity contribution in [2.24, 2.45) is 7.05 Å². The maximum atomic E-state index is 13.2. The van der Waals surface area contributed by atoms with E-state index in [9.17, 15) is 27.6 Å². The van der Waals surface area contributed by atoms with E-state index < -0.39 is 29.4 Å². The number of carbonyl (C=O) groups is 2. The first-order chi connectivity index (χ1) is 16.8. The average Bonchev–Trinajstić information content (AvgIpc) is 3.22. The standard InChI is InChI=1S/C18H19ClN6O4.C2HF3O2/c1-11(26)29-25-16(27)14-15(22(2)18(25)28)21-17(23-9-7-20-8-10-23)24(14)13-6-4-3-5-12(13)19;3-2(4,5)1(6)7/h3-6,20H,7-10H2,1-2H3;(H,6,7). The van der Waals surface area contributed by atoms with E-state index in [-0.39, 0.29) is 11.2 Å². The minimum atomic E-state index is -5.08. The Labute approximate surface area is 205 Å². The number of nitrogens with zero attached hydrogens (tertiary/aromatic N) is 5. The third kappa shape index (κ3) is 5.36. The highest BCUT2D eigenvalue weighted by atomic mass is 35.5. The molecule has 36 heavy (non-hydrogen) atoms. The molecule has 4 rings (SSSR count). The van der Waals surface area contributed by atoms with Crippen LogP contribution < -0.4 is 26.3 Å². The normalized spacial score (nSPS) is 13.8. The lowest BCUT2D eigenvalue weighted by atomic mass is 10.3. The van der Waals surface area contributed by atoms with Crippen LogP contribution in [-0.2, 0) is 16.6 Å². The molecule has 1 aliphatic rings. The van der Waals surface area contributed by atoms with Crippen LogP contribution in [0.15, 0.2) is 33.9 Å². The number of hydrogen-bond acceptors (Lipinski definition) is 8. The molecule has 1 aliphatic heterocycles. The summed E-state index contributed by atoms with van der Waals surface area (Å²) in [4.78, 5) is 57.6. The van der Waals surface area contributed by atoms with E-state index in [0.29, 0.717) is 34.5 Å². The Morgan fingerprint density at radius 3 is 2.28 bits per heavy atom. The van der Waals surface area contributed by atoms with Gasteiger partial charge >= 0.3 is 29.4 Å². The number of piperazine rings is 1. The Kier molecular flexibility index (Phi) is 7.74. The summed E-state index contributed by atoms with van der Waals surface area (Å²) in [5.41, 5.74) is -0.775. The lowest BCUT2D eigenvalue weighted by molar-refractivity contribution is -0.192. The van der Waals surface area contributed by atoms with Gasteiger partial charge in [-0.25, -0.2) is 14.4 Å². The quantitative estimate of drug-likeness (QED) is 0.495. The number of alkyl halides is 3. The Balaban J connectivity index is 0.000000454. The van der Waals surface area contributed by atoms with Crippen LogP contribution >= 0.6 is 11.6 Å². The summed E-state index contributed by atoms with van der Waals surface area (Å²) in [5, 5.41) is 10.8. The smallest absolute Gasteiger partial charge is 0.475 e. The second kappa shape index (κ2) is 10.4. The van der Waals surface area contributed by atoms with Gasteiger partial charge in [-0.15, -0.1) is 0 Å². The number of aromatic nitrogens is 4. The monoisotopic (exact) mass is 532 g/mol. The van der Waals surface area contributed by atoms with Crippen molar-refractivity contribution in [1.82, 2.24) is 24.2 Å². The molecule has 0 radical (unpaired) electrons. The largest absolute Gasteiger partial charge is 0.490 e. The molecule has 1 aromatic carbocycles. The number of para-hydroxylation sites is 1. The highest BCUT2D eigenvalue weighted by Crippen LogP contribution is 2.29. The second-order valence-corrected chi connectivity index (χ2v) is 7.84. The van der Waals surface area contributed by atoms with E-state index in [1.807, 2.05) is 4.90 Å². The number of carboxylic acid groups (broad SMARTS) is 1. The second-order valence-electron chi connectivity index (χ2n) is 7.43. The first-order valence-electron chi connectivity index (χ1n) is 10.3. The van der Waals surface area contributed by atoms with Crippen LogP contribution in [0.1, 0.15) is 6.92 Å². The SMILES string of the molecule is CC(=O)On1c(=O)c2c(nc(N3CCNCC3)n2-c2ccccc2Cl)n(C)c1=O.O=C(O)C(F)(F)F. The van der Waals surface area contributed by atoms with Gasteiger partial charge in [0.05, 0.1) is 10.7 Å². The van der Waals surface area contributed by atoms with E-state index in [4.69, 9.17) is 26.3 Å². The molecule has 0 spiro atoms. The number of carbonyl (C=O) groups excluding carboxylic acids is 1. The predicted octanol–water partition coefficient (Wildman–Crippen LogP) is 0.557. The predicted molar refractivity (Wildman–Crippen MR) is 122 cm³/mol. The van der Waals surface area contributed by atoms with Gasteiger partial charge in [-0.1, -0.05) is 28.5 Å². The Morgan fingerprint density at radius 1 is 1.17 bits per heavy atom. The molecule has 2 N–H and O–H groups in total. The number of fused-ring (bicyclic) bond motifs is 1. The minimum Gasteiger partial charge on any atom is -0.475 e. The number of nitrogens with one attached hydrogen (secondary N) is 1. The summed E-state index contributed by atoms with van der Waals surface area (Å²) < 4.78 is 35.0. The molecule has 2 aromatic heterocycles. The third-order valence-electron chi connectivity index (χ3n) is 4.96. The number of hydrogen-bond donors (Lipinski definition) is 2. The molecule has 16 heteroatoms. The van der Waals surface area contributed by atoms with Gasteiger partial charge in [-0.3, -0.25) is 13.9 Å². The maximum absolute atomic E-state index is 13.2. The summed E-state index contributed by atoms with van der Waals surface area (Å²) >= 11 is 6.43. The number of halogens is 4. The van der Waals surface area contributed by atoms with Crippen molar-refractivity contribution in [1.29, 1.82) is 0 Å². The number of aryl methyl sites for hydroxylation is 1. The van der Waals surface area contributed by atoms with Gasteiger partial charge < -0.3 is 20.2 Å². The van der Waals surface area contributed by atoms with E-state index in [0.717, 1.165) is 20.0 Å². The van der Waals surface area contributed by atoms with Gasteiger partial charge in [0.15, 0.2) is 11.2 Å². The number of imidazole rings is 1. The molecule has 0 amide bonds. The average molecular weight is 533 g/mol. The molecule has 1 saturated heterocycles. The zero-order chi connectivity index (χ0) is 26.8. The van der Waals surface area contributed by atoms with Crippen molar-refractivity contribution in [3.63, 3.8) is 0 Å². The van der Waals surface area contributed by atoms with Crippen molar-refractivity contribution in [2.75, 3.05) is 31.1 Å². The molecule has 3 aromatic rings. The van der Waals surface area contributed by atoms with Crippen molar-refractivity contribution in [3.8, 4) is 5.69 Å². The van der Waals surface area contributed by atoms with Crippen molar-refractivity contribution in [2.45, 2.75) is 13.1 Å². The van der Waals surface area contributed by atoms with Crippen molar-refractivity contribution < 1.29 is 32.7 Å². The number of carboxylic acids is 1. The first kappa shape index (κ1) is 26.7. The minimum absolute atomic E-state index is 0.0926. The topological polar surface area (TPSA) is 141 Å². The Morgan fingerprint density at radius 2 is 1.75 bits per heavy atom. The lowest BCUT2D eigenvalue weighted by Crippen LogP contribution is -2.45. The van der Waals surface area contributed by atoms with Crippen molar-refractivity contribution in [3.05, 3.63) is 50.1 Å². The Bertz CT molecular complexity index is 1420. The third-order valence-corrected chi connectivity index (χ3v) is 5.28. The first-order valence-corrected chi connectivity index (χ1v) is 10.7. The van der Waals surface area contributed by atoms with Crippen LogP contribution in [0.4, 0.5) is 19.1 Å². The van der Waals surface area contributed by atoms with E-state index in [1.165, 1.54) is 11.6 Å². The van der Waals surface area contributed by atoms with Crippen LogP contribution in [0, 0.1) is 0 Å². The summed E-state index contributed by atoms with van der Waals surface area (Å²) in [5.74, 6) is -3.05. The summed E-state index contributed by atoms with van der Waals surface area (Å²) in [7, 11) is 1.47. The van der Waals surface area contributed by atoms with Crippen LogP contribution in [0.3, 0.4) is 0 Å². The molecule has 0 atom stereocenters. The highest BCUT2D eigenvalue weighted by molar-refractivity contribution is 6.32. The highest BCUT2D eigenvalue weighted by Gasteiger charge is 2.38. The molecule has 1 fully saturated rings. The fourth-order valence-electron chi connectivity index (χ4n) is 3.38. The van der Waals surface area contributed by atoms with E-state index >= 15 is 0 Å². The van der Waals surface area contributed by atoms with Crippen LogP contribution in [0.25, 0.3) is 16.9 Å². The van der Waals surface area contributed by atoms with Gasteiger partial charge in [0, 0.05) is 40.2 Å². The van der Waals surface area contributed by atoms with E-state index in [2.05, 4.69) is 10.3 Å². The van der Waals surface area contributed by atoms with Crippen molar-refractivity contribution >= 4 is 40.7 Å². The molecule has 3 heterocycles. The number of rotatable bonds is 3. The zero-order valence-electron chi connectivity index (χ0n) is 18.9. The number of benzene rings is 1. The van der Waals surface area contributed by atoms with Crippen LogP contribution in [0.5, 0.6) is 0 Å². The molecule has 0 aliphatic carbocycles. The van der Waals surface area contributed by atoms with Crippen LogP contribution in [-0.4, -0.2) is 68.2 Å². The lowest BCUT2D eigenvalue weighted by Gasteiger charge is -2.28. The molecule has 0 unspecified atom stereocenters. The van der Waals surface area contributed by atoms with Gasteiger partial charge in [0.2, 0.25) is 5.95 Å². The van der Waals surface area contributed by atoms with Gasteiger partial charge in [-0.2, -0.15) is 18.2 Å². The van der Waals surface area contributed by atoms with Gasteiger partial charge in [0.25, 0.3) is 0 Å². The number of anilines is 1. The molecule has 0 saturated carbocycles. The maximum Gasteiger partial charge on any atom is 0.490 e. The summed E-state index contributed by atoms with van der Waals surface area (Å²) in [6.45, 7) is 3.96. The number of aliphatic carboxylic acids is 1. The fraction of sp³-hybridized carbons (Fsp3) is 0.350. The molecule has 12 nitrogen and oxygen atoms in total. The zero-order valence-corrected chi connectivity index (χ0v) is 19.6. The molecule has 194 valence electrons. The van der Waals surface area contributed by atoms with Gasteiger partial charge in [-0.05, 0) is 12.1 Å². The molecular formula is C20H20ClF3N6O6. The summed E-state index contributed by atoms with van der Waals surface area (Å²) in [6.07, 6.45) is -5.08. The molecule has 0 bridgehead atoms. The fourth-order valence-corrected chi connectivity index (χ4v) is 3.60. The van der Waals surface area contributed by atoms with Crippen LogP contribution in [0.2, 0.25) is 5.02 Å². The molecular weight excluding hydrogens is 513 g/mol. The Hall–Kier alpha value is -3.85. The van der Waals surface area contributed by atoms with E-state index in [1.54, 1.807) is 28.8 Å². The van der Waals surface area contributed by atoms with Gasteiger partial charge in [0.1, 0.15) is 0 Å². The summed E-state index contributed by atoms with van der Waals surface area (Å²) in [6, 6.07) is 7.04.